The number of nitrogens with one attached hydrogen (secondary N) is 1. The number of sulfonamides is 2. The van der Waals surface area contributed by atoms with E-state index < -0.39 is 44.0 Å². The highest BCUT2D eigenvalue weighted by Crippen LogP contribution is 2.36. The molecule has 1 aliphatic heterocycles. The lowest BCUT2D eigenvalue weighted by Gasteiger charge is -2.38. The predicted molar refractivity (Wildman–Crippen MR) is 161 cm³/mol. The number of aryl methyl sites for hydroxylation is 2. The minimum atomic E-state index is -4.05. The molecule has 0 fully saturated rings. The maximum Gasteiger partial charge on any atom is 0.262 e. The van der Waals surface area contributed by atoms with Crippen LogP contribution < -0.4 is 9.46 Å². The van der Waals surface area contributed by atoms with Crippen LogP contribution in [-0.4, -0.2) is 75.9 Å². The summed E-state index contributed by atoms with van der Waals surface area (Å²) < 4.78 is 63.6. The number of aliphatic hydroxyl groups excluding tert-OH is 1. The van der Waals surface area contributed by atoms with Gasteiger partial charge in [0.2, 0.25) is 10.0 Å². The molecule has 0 spiro atoms. The monoisotopic (exact) mass is 615 g/mol. The van der Waals surface area contributed by atoms with Gasteiger partial charge in [0.25, 0.3) is 15.9 Å². The Bertz CT molecular complexity index is 1640. The van der Waals surface area contributed by atoms with E-state index in [0.29, 0.717) is 0 Å². The Balaban J connectivity index is 1.76. The molecule has 0 aromatic heterocycles. The Kier molecular flexibility index (Phi) is 9.31. The molecular weight excluding hydrogens is 578 g/mol. The number of anilines is 1. The number of hydrogen-bond acceptors (Lipinski definition) is 7. The van der Waals surface area contributed by atoms with Gasteiger partial charge in [0.15, 0.2) is 5.75 Å². The number of fused-ring (bicyclic) bond motifs is 1. The van der Waals surface area contributed by atoms with Gasteiger partial charge >= 0.3 is 0 Å². The van der Waals surface area contributed by atoms with Crippen LogP contribution in [0.4, 0.5) is 5.69 Å². The van der Waals surface area contributed by atoms with Gasteiger partial charge in [-0.3, -0.25) is 9.52 Å². The van der Waals surface area contributed by atoms with Gasteiger partial charge in [-0.25, -0.2) is 16.8 Å². The molecule has 2 N–H and O–H groups in total. The minimum absolute atomic E-state index is 0.00832. The van der Waals surface area contributed by atoms with E-state index in [4.69, 9.17) is 4.74 Å². The second-order valence-electron chi connectivity index (χ2n) is 10.8. The topological polar surface area (TPSA) is 133 Å². The number of ether oxygens (including phenoxy) is 1. The smallest absolute Gasteiger partial charge is 0.262 e. The van der Waals surface area contributed by atoms with Crippen molar-refractivity contribution < 1.29 is 31.5 Å². The summed E-state index contributed by atoms with van der Waals surface area (Å²) in [5.74, 6) is -0.839. The highest BCUT2D eigenvalue weighted by Gasteiger charge is 2.36. The molecule has 4 rings (SSSR count). The van der Waals surface area contributed by atoms with Crippen LogP contribution in [0.1, 0.15) is 35.3 Å². The molecule has 1 heterocycles. The number of carbonyl (C=O) groups is 1. The van der Waals surface area contributed by atoms with Gasteiger partial charge < -0.3 is 14.7 Å². The normalized spacial score (nSPS) is 18.5. The molecule has 0 bridgehead atoms. The van der Waals surface area contributed by atoms with Crippen molar-refractivity contribution in [1.29, 1.82) is 0 Å². The van der Waals surface area contributed by atoms with Crippen LogP contribution in [0.15, 0.2) is 76.5 Å². The van der Waals surface area contributed by atoms with Crippen molar-refractivity contribution in [2.45, 2.75) is 49.6 Å². The molecule has 0 radical (unpaired) electrons. The van der Waals surface area contributed by atoms with Crippen molar-refractivity contribution in [1.82, 2.24) is 9.21 Å². The van der Waals surface area contributed by atoms with Crippen molar-refractivity contribution in [2.75, 3.05) is 31.5 Å². The summed E-state index contributed by atoms with van der Waals surface area (Å²) in [7, 11) is -6.48. The van der Waals surface area contributed by atoms with Gasteiger partial charge in [-0.05, 0) is 57.2 Å². The predicted octanol–water partition coefficient (Wildman–Crippen LogP) is 3.65. The number of hydrogen-bond donors (Lipinski definition) is 2. The van der Waals surface area contributed by atoms with E-state index in [1.807, 2.05) is 20.8 Å². The zero-order valence-electron chi connectivity index (χ0n) is 24.3. The van der Waals surface area contributed by atoms with Crippen molar-refractivity contribution in [3.8, 4) is 5.75 Å². The lowest BCUT2D eigenvalue weighted by atomic mass is 9.99. The van der Waals surface area contributed by atoms with E-state index in [0.717, 1.165) is 11.1 Å². The van der Waals surface area contributed by atoms with Crippen LogP contribution in [0.2, 0.25) is 0 Å². The first-order valence-electron chi connectivity index (χ1n) is 13.6. The van der Waals surface area contributed by atoms with Crippen LogP contribution in [0.3, 0.4) is 0 Å². The van der Waals surface area contributed by atoms with E-state index in [9.17, 15) is 26.7 Å². The molecule has 12 heteroatoms. The summed E-state index contributed by atoms with van der Waals surface area (Å²) in [6, 6.07) is 16.9. The zero-order valence-corrected chi connectivity index (χ0v) is 25.9. The number of nitrogens with zero attached hydrogens (tertiary/aromatic N) is 2. The summed E-state index contributed by atoms with van der Waals surface area (Å²) in [5.41, 5.74) is 1.96. The minimum Gasteiger partial charge on any atom is -0.486 e. The van der Waals surface area contributed by atoms with Gasteiger partial charge in [0, 0.05) is 19.5 Å². The van der Waals surface area contributed by atoms with Gasteiger partial charge in [-0.15, -0.1) is 0 Å². The molecule has 0 aliphatic carbocycles. The van der Waals surface area contributed by atoms with Crippen molar-refractivity contribution in [2.24, 2.45) is 5.92 Å². The number of likely N-dealkylation sites (N-methyl/N-ethyl adjacent to an activating group) is 1. The largest absolute Gasteiger partial charge is 0.486 e. The molecule has 10 nitrogen and oxygen atoms in total. The van der Waals surface area contributed by atoms with Crippen LogP contribution in [0, 0.1) is 19.8 Å². The number of aliphatic hydroxyl groups is 1. The summed E-state index contributed by atoms with van der Waals surface area (Å²) in [6.45, 7) is 7.06. The van der Waals surface area contributed by atoms with Crippen molar-refractivity contribution in [3.05, 3.63) is 83.4 Å². The van der Waals surface area contributed by atoms with E-state index in [1.54, 1.807) is 49.4 Å². The van der Waals surface area contributed by atoms with Crippen LogP contribution in [-0.2, 0) is 20.0 Å². The zero-order chi connectivity index (χ0) is 30.8. The van der Waals surface area contributed by atoms with E-state index in [2.05, 4.69) is 4.72 Å². The highest BCUT2D eigenvalue weighted by molar-refractivity contribution is 7.92. The van der Waals surface area contributed by atoms with Gasteiger partial charge in [0.05, 0.1) is 40.2 Å². The maximum atomic E-state index is 13.7. The lowest BCUT2D eigenvalue weighted by molar-refractivity contribution is 0.0389. The fourth-order valence-electron chi connectivity index (χ4n) is 4.70. The third-order valence-electron chi connectivity index (χ3n) is 7.43. The first kappa shape index (κ1) is 31.5. The molecule has 3 atom stereocenters. The standard InChI is InChI=1S/C30H37N3O7S2/c1-20-9-13-24(14-10-20)41(36,37)31-27-8-6-7-26-29(27)40-28(22(3)17-33(30(26)35)23(4)19-34)18-32(5)42(38,39)25-15-11-21(2)12-16-25/h6-16,22-23,28,31,34H,17-19H2,1-5H3/t22-,23+,28+/m1/s1. The first-order valence-corrected chi connectivity index (χ1v) is 16.5. The summed E-state index contributed by atoms with van der Waals surface area (Å²) in [4.78, 5) is 15.4. The SMILES string of the molecule is Cc1ccc(S(=O)(=O)Nc2cccc3c2O[C@@H](CN(C)S(=O)(=O)c2ccc(C)cc2)[C@H](C)CN([C@@H](C)CO)C3=O)cc1. The molecule has 0 unspecified atom stereocenters. The average Bonchev–Trinajstić information content (AvgIpc) is 2.95. The van der Waals surface area contributed by atoms with Crippen LogP contribution in [0.25, 0.3) is 0 Å². The average molecular weight is 616 g/mol. The van der Waals surface area contributed by atoms with Crippen molar-refractivity contribution >= 4 is 31.6 Å². The molecular formula is C30H37N3O7S2. The van der Waals surface area contributed by atoms with Crippen LogP contribution >= 0.6 is 0 Å². The Morgan fingerprint density at radius 3 is 2.12 bits per heavy atom. The summed E-state index contributed by atoms with van der Waals surface area (Å²) in [5, 5.41) is 9.91. The molecule has 3 aromatic carbocycles. The van der Waals surface area contributed by atoms with E-state index in [-0.39, 0.29) is 46.5 Å². The molecule has 226 valence electrons. The second kappa shape index (κ2) is 12.4. The maximum absolute atomic E-state index is 13.7. The molecule has 42 heavy (non-hydrogen) atoms. The van der Waals surface area contributed by atoms with Gasteiger partial charge in [0.1, 0.15) is 6.10 Å². The van der Waals surface area contributed by atoms with Gasteiger partial charge in [-0.2, -0.15) is 4.31 Å². The third-order valence-corrected chi connectivity index (χ3v) is 10.7. The fourth-order valence-corrected chi connectivity index (χ4v) is 6.95. The van der Waals surface area contributed by atoms with Crippen molar-refractivity contribution in [3.63, 3.8) is 0 Å². The summed E-state index contributed by atoms with van der Waals surface area (Å²) >= 11 is 0. The second-order valence-corrected chi connectivity index (χ2v) is 14.5. The molecule has 1 aliphatic rings. The number of benzene rings is 3. The molecule has 1 amide bonds. The van der Waals surface area contributed by atoms with Crippen LogP contribution in [0.5, 0.6) is 5.75 Å². The number of para-hydroxylation sites is 1. The Hall–Kier alpha value is -3.45. The van der Waals surface area contributed by atoms with E-state index in [1.165, 1.54) is 40.5 Å². The summed E-state index contributed by atoms with van der Waals surface area (Å²) in [6.07, 6.45) is -0.777. The Labute approximate surface area is 248 Å². The number of carbonyl (C=O) groups excluding carboxylic acids is 1. The number of amides is 1. The fraction of sp³-hybridized carbons (Fsp3) is 0.367. The molecule has 3 aromatic rings. The molecule has 0 saturated carbocycles. The number of rotatable bonds is 9. The quantitative estimate of drug-likeness (QED) is 0.376. The Morgan fingerprint density at radius 2 is 1.55 bits per heavy atom. The highest BCUT2D eigenvalue weighted by atomic mass is 32.2. The van der Waals surface area contributed by atoms with E-state index >= 15 is 0 Å². The van der Waals surface area contributed by atoms with Gasteiger partial charge in [-0.1, -0.05) is 48.4 Å². The first-order chi connectivity index (χ1) is 19.7. The Morgan fingerprint density at radius 1 is 0.976 bits per heavy atom. The lowest BCUT2D eigenvalue weighted by Crippen LogP contribution is -2.50. The molecule has 0 saturated heterocycles. The third kappa shape index (κ3) is 6.62.